The Morgan fingerprint density at radius 1 is 0.839 bits per heavy atom. The Balaban J connectivity index is 1.57. The number of amides is 4. The van der Waals surface area contributed by atoms with Crippen molar-refractivity contribution in [2.45, 2.75) is 11.8 Å². The molecule has 0 saturated heterocycles. The van der Waals surface area contributed by atoms with Crippen LogP contribution < -0.4 is 20.1 Å². The molecule has 0 heterocycles. The first-order valence-electron chi connectivity index (χ1n) is 8.97. The Kier molecular flexibility index (Phi) is 6.78. The summed E-state index contributed by atoms with van der Waals surface area (Å²) in [6.45, 7) is 1.88. The van der Waals surface area contributed by atoms with Gasteiger partial charge in [-0.25, -0.2) is 9.59 Å². The molecular weight excluding hydrogens is 442 g/mol. The lowest BCUT2D eigenvalue weighted by atomic mass is 10.2. The Morgan fingerprint density at radius 2 is 1.45 bits per heavy atom. The zero-order chi connectivity index (χ0) is 22.4. The summed E-state index contributed by atoms with van der Waals surface area (Å²) in [5.74, 6) is 0.192. The van der Waals surface area contributed by atoms with E-state index < -0.39 is 22.2 Å². The molecule has 4 amide bonds. The highest BCUT2D eigenvalue weighted by Gasteiger charge is 2.17. The standard InChI is InChI=1S/C21H18ClN3O5S/c1-14-5-9-18(10-6-14)30-31(28,29)19-11-7-16(8-12-19)23-20(26)25-21(27)24-17-4-2-3-15(22)13-17/h2-13H,1H3,(H3,23,24,25,26,27). The summed E-state index contributed by atoms with van der Waals surface area (Å²) in [5, 5.41) is 7.42. The van der Waals surface area contributed by atoms with Gasteiger partial charge in [0.25, 0.3) is 0 Å². The van der Waals surface area contributed by atoms with Crippen molar-refractivity contribution in [3.8, 4) is 5.75 Å². The Morgan fingerprint density at radius 3 is 2.06 bits per heavy atom. The second-order valence-electron chi connectivity index (χ2n) is 6.42. The zero-order valence-corrected chi connectivity index (χ0v) is 17.8. The van der Waals surface area contributed by atoms with Crippen molar-refractivity contribution in [1.29, 1.82) is 0 Å². The normalized spacial score (nSPS) is 10.8. The number of hydrogen-bond acceptors (Lipinski definition) is 5. The topological polar surface area (TPSA) is 114 Å². The summed E-state index contributed by atoms with van der Waals surface area (Å²) >= 11 is 5.83. The van der Waals surface area contributed by atoms with Gasteiger partial charge in [0, 0.05) is 16.4 Å². The predicted octanol–water partition coefficient (Wildman–Crippen LogP) is 4.77. The highest BCUT2D eigenvalue weighted by Crippen LogP contribution is 2.20. The van der Waals surface area contributed by atoms with Gasteiger partial charge in [-0.15, -0.1) is 0 Å². The number of aryl methyl sites for hydroxylation is 1. The maximum absolute atomic E-state index is 12.4. The first-order valence-corrected chi connectivity index (χ1v) is 10.8. The highest BCUT2D eigenvalue weighted by atomic mass is 35.5. The Hall–Kier alpha value is -3.56. The minimum Gasteiger partial charge on any atom is -0.379 e. The van der Waals surface area contributed by atoms with E-state index in [1.807, 2.05) is 6.92 Å². The summed E-state index contributed by atoms with van der Waals surface area (Å²) < 4.78 is 29.8. The highest BCUT2D eigenvalue weighted by molar-refractivity contribution is 7.87. The first kappa shape index (κ1) is 22.1. The molecule has 0 aliphatic heterocycles. The van der Waals surface area contributed by atoms with Crippen LogP contribution in [0.4, 0.5) is 21.0 Å². The maximum Gasteiger partial charge on any atom is 0.339 e. The van der Waals surface area contributed by atoms with Gasteiger partial charge in [0.05, 0.1) is 0 Å². The van der Waals surface area contributed by atoms with Gasteiger partial charge in [-0.05, 0) is 61.5 Å². The number of hydrogen-bond donors (Lipinski definition) is 3. The molecule has 8 nitrogen and oxygen atoms in total. The van der Waals surface area contributed by atoms with Crippen molar-refractivity contribution >= 4 is 45.2 Å². The third-order valence-corrected chi connectivity index (χ3v) is 5.43. The van der Waals surface area contributed by atoms with Gasteiger partial charge < -0.3 is 14.8 Å². The minimum absolute atomic E-state index is 0.0854. The van der Waals surface area contributed by atoms with Crippen molar-refractivity contribution in [3.63, 3.8) is 0 Å². The second kappa shape index (κ2) is 9.50. The van der Waals surface area contributed by atoms with Crippen LogP contribution in [0.5, 0.6) is 5.75 Å². The van der Waals surface area contributed by atoms with Gasteiger partial charge in [0.15, 0.2) is 0 Å². The van der Waals surface area contributed by atoms with Crippen LogP contribution in [-0.2, 0) is 10.1 Å². The molecule has 3 rings (SSSR count). The predicted molar refractivity (Wildman–Crippen MR) is 118 cm³/mol. The van der Waals surface area contributed by atoms with E-state index in [2.05, 4.69) is 16.0 Å². The molecule has 0 aromatic heterocycles. The molecule has 0 atom stereocenters. The Bertz CT molecular complexity index is 1200. The van der Waals surface area contributed by atoms with E-state index in [9.17, 15) is 18.0 Å². The molecule has 0 aliphatic carbocycles. The lowest BCUT2D eigenvalue weighted by molar-refractivity contribution is 0.240. The number of halogens is 1. The molecule has 3 aromatic rings. The molecule has 160 valence electrons. The number of carbonyl (C=O) groups excluding carboxylic acids is 2. The van der Waals surface area contributed by atoms with Crippen LogP contribution in [0.3, 0.4) is 0 Å². The molecule has 0 fully saturated rings. The lowest BCUT2D eigenvalue weighted by Gasteiger charge is -2.10. The number of imide groups is 1. The fourth-order valence-electron chi connectivity index (χ4n) is 2.47. The molecule has 0 aliphatic rings. The van der Waals surface area contributed by atoms with Crippen LogP contribution in [-0.4, -0.2) is 20.5 Å². The SMILES string of the molecule is Cc1ccc(OS(=O)(=O)c2ccc(NC(=O)NC(=O)Nc3cccc(Cl)c3)cc2)cc1. The third-order valence-electron chi connectivity index (χ3n) is 3.94. The van der Waals surface area contributed by atoms with Gasteiger partial charge >= 0.3 is 22.2 Å². The van der Waals surface area contributed by atoms with Crippen molar-refractivity contribution in [2.24, 2.45) is 0 Å². The fourth-order valence-corrected chi connectivity index (χ4v) is 3.59. The van der Waals surface area contributed by atoms with Crippen molar-refractivity contribution < 1.29 is 22.2 Å². The largest absolute Gasteiger partial charge is 0.379 e. The lowest BCUT2D eigenvalue weighted by Crippen LogP contribution is -2.37. The summed E-state index contributed by atoms with van der Waals surface area (Å²) in [6, 6.07) is 16.8. The molecule has 3 N–H and O–H groups in total. The van der Waals surface area contributed by atoms with Gasteiger partial charge in [0.1, 0.15) is 10.6 Å². The van der Waals surface area contributed by atoms with Crippen molar-refractivity contribution in [2.75, 3.05) is 10.6 Å². The summed E-state index contributed by atoms with van der Waals surface area (Å²) in [7, 11) is -4.03. The number of urea groups is 2. The second-order valence-corrected chi connectivity index (χ2v) is 8.40. The van der Waals surface area contributed by atoms with Gasteiger partial charge in [-0.1, -0.05) is 35.4 Å². The van der Waals surface area contributed by atoms with E-state index in [1.165, 1.54) is 30.3 Å². The van der Waals surface area contributed by atoms with Crippen molar-refractivity contribution in [1.82, 2.24) is 5.32 Å². The van der Waals surface area contributed by atoms with Gasteiger partial charge in [-0.3, -0.25) is 5.32 Å². The van der Waals surface area contributed by atoms with Gasteiger partial charge in [-0.2, -0.15) is 8.42 Å². The maximum atomic E-state index is 12.4. The molecule has 0 saturated carbocycles. The number of rotatable bonds is 5. The van der Waals surface area contributed by atoms with Crippen LogP contribution in [0.1, 0.15) is 5.56 Å². The summed E-state index contributed by atoms with van der Waals surface area (Å²) in [5.41, 5.74) is 1.67. The van der Waals surface area contributed by atoms with E-state index in [0.717, 1.165) is 5.56 Å². The number of nitrogens with one attached hydrogen (secondary N) is 3. The van der Waals surface area contributed by atoms with Gasteiger partial charge in [0.2, 0.25) is 0 Å². The molecule has 0 unspecified atom stereocenters. The fraction of sp³-hybridized carbons (Fsp3) is 0.0476. The number of benzene rings is 3. The van der Waals surface area contributed by atoms with Crippen LogP contribution in [0.2, 0.25) is 5.02 Å². The monoisotopic (exact) mass is 459 g/mol. The molecule has 0 spiro atoms. The van der Waals surface area contributed by atoms with E-state index >= 15 is 0 Å². The van der Waals surface area contributed by atoms with E-state index in [0.29, 0.717) is 10.7 Å². The number of carbonyl (C=O) groups is 2. The van der Waals surface area contributed by atoms with E-state index in [4.69, 9.17) is 15.8 Å². The van der Waals surface area contributed by atoms with E-state index in [-0.39, 0.29) is 16.3 Å². The Labute approximate surface area is 184 Å². The number of anilines is 2. The summed E-state index contributed by atoms with van der Waals surface area (Å²) in [4.78, 5) is 23.8. The van der Waals surface area contributed by atoms with Crippen LogP contribution in [0, 0.1) is 6.92 Å². The molecule has 10 heteroatoms. The molecule has 0 radical (unpaired) electrons. The molecule has 3 aromatic carbocycles. The smallest absolute Gasteiger partial charge is 0.339 e. The quantitative estimate of drug-likeness (QED) is 0.475. The van der Waals surface area contributed by atoms with Crippen LogP contribution in [0.25, 0.3) is 0 Å². The molecule has 0 bridgehead atoms. The first-order chi connectivity index (χ1) is 14.7. The van der Waals surface area contributed by atoms with Crippen molar-refractivity contribution in [3.05, 3.63) is 83.4 Å². The van der Waals surface area contributed by atoms with Crippen LogP contribution in [0.15, 0.2) is 77.7 Å². The van der Waals surface area contributed by atoms with E-state index in [1.54, 1.807) is 42.5 Å². The average molecular weight is 460 g/mol. The third kappa shape index (κ3) is 6.46. The van der Waals surface area contributed by atoms with Crippen LogP contribution >= 0.6 is 11.6 Å². The minimum atomic E-state index is -4.03. The molecule has 31 heavy (non-hydrogen) atoms. The zero-order valence-electron chi connectivity index (χ0n) is 16.3. The average Bonchev–Trinajstić information content (AvgIpc) is 2.70. The summed E-state index contributed by atoms with van der Waals surface area (Å²) in [6.07, 6.45) is 0. The molecular formula is C21H18ClN3O5S.